The molecule has 0 unspecified atom stereocenters. The summed E-state index contributed by atoms with van der Waals surface area (Å²) in [5.74, 6) is 0.399. The Bertz CT molecular complexity index is 988. The van der Waals surface area contributed by atoms with Crippen LogP contribution >= 0.6 is 0 Å². The van der Waals surface area contributed by atoms with Crippen molar-refractivity contribution in [1.82, 2.24) is 0 Å². The molecule has 1 aliphatic rings. The van der Waals surface area contributed by atoms with E-state index in [1.165, 1.54) is 7.11 Å². The molecule has 0 aromatic heterocycles. The van der Waals surface area contributed by atoms with Gasteiger partial charge >= 0.3 is 5.97 Å². The van der Waals surface area contributed by atoms with Crippen LogP contribution in [0.15, 0.2) is 30.3 Å². The lowest BCUT2D eigenvalue weighted by Gasteiger charge is -2.14. The normalized spacial score (nSPS) is 13.2. The molecule has 1 aliphatic heterocycles. The van der Waals surface area contributed by atoms with Gasteiger partial charge in [0.2, 0.25) is 18.4 Å². The van der Waals surface area contributed by atoms with Gasteiger partial charge in [0.05, 0.1) is 32.4 Å². The predicted molar refractivity (Wildman–Crippen MR) is 110 cm³/mol. The lowest BCUT2D eigenvalue weighted by Crippen LogP contribution is -2.37. The van der Waals surface area contributed by atoms with Gasteiger partial charge in [0.25, 0.3) is 0 Å². The van der Waals surface area contributed by atoms with Gasteiger partial charge in [0.15, 0.2) is 11.5 Å². The molecule has 30 heavy (non-hydrogen) atoms. The van der Waals surface area contributed by atoms with Crippen LogP contribution in [0.5, 0.6) is 23.0 Å². The standard InChI is InChI=1S/C21H22N2O7/c1-27-16-6-5-12(7-15(16)23-21(26)14(22)10-19(24)25)3-4-13-8-17(28-2)20-18(9-13)29-11-30-20/h3-9,14H,10-11,22H2,1-2H3,(H,23,26)(H,24,25)/t14-/m0/s1. The second-order valence-electron chi connectivity index (χ2n) is 6.44. The van der Waals surface area contributed by atoms with Gasteiger partial charge in [-0.25, -0.2) is 0 Å². The van der Waals surface area contributed by atoms with Crippen molar-refractivity contribution in [1.29, 1.82) is 0 Å². The second kappa shape index (κ2) is 9.19. The third kappa shape index (κ3) is 4.81. The minimum atomic E-state index is -1.17. The van der Waals surface area contributed by atoms with Crippen LogP contribution in [0.3, 0.4) is 0 Å². The molecule has 9 heteroatoms. The van der Waals surface area contributed by atoms with Gasteiger partial charge in [-0.1, -0.05) is 18.2 Å². The van der Waals surface area contributed by atoms with E-state index in [0.29, 0.717) is 28.7 Å². The number of carbonyl (C=O) groups is 2. The third-order valence-corrected chi connectivity index (χ3v) is 4.36. The molecule has 3 rings (SSSR count). The molecule has 0 saturated heterocycles. The highest BCUT2D eigenvalue weighted by Gasteiger charge is 2.20. The van der Waals surface area contributed by atoms with Crippen LogP contribution in [0, 0.1) is 0 Å². The number of carbonyl (C=O) groups excluding carboxylic acids is 1. The molecule has 0 spiro atoms. The topological polar surface area (TPSA) is 129 Å². The van der Waals surface area contributed by atoms with Crippen molar-refractivity contribution in [2.24, 2.45) is 5.73 Å². The largest absolute Gasteiger partial charge is 0.495 e. The first kappa shape index (κ1) is 21.0. The van der Waals surface area contributed by atoms with E-state index in [9.17, 15) is 9.59 Å². The third-order valence-electron chi connectivity index (χ3n) is 4.36. The molecule has 0 bridgehead atoms. The van der Waals surface area contributed by atoms with Crippen LogP contribution in [0.2, 0.25) is 0 Å². The van der Waals surface area contributed by atoms with Crippen LogP contribution in [-0.2, 0) is 9.59 Å². The van der Waals surface area contributed by atoms with E-state index in [0.717, 1.165) is 11.1 Å². The Morgan fingerprint density at radius 2 is 1.87 bits per heavy atom. The number of nitrogens with one attached hydrogen (secondary N) is 1. The van der Waals surface area contributed by atoms with Crippen molar-refractivity contribution in [3.63, 3.8) is 0 Å². The molecule has 0 aliphatic carbocycles. The summed E-state index contributed by atoms with van der Waals surface area (Å²) in [6.07, 6.45) is 3.22. The smallest absolute Gasteiger partial charge is 0.305 e. The molecule has 2 aromatic rings. The van der Waals surface area contributed by atoms with Crippen LogP contribution in [0.4, 0.5) is 5.69 Å². The highest BCUT2D eigenvalue weighted by atomic mass is 16.7. The van der Waals surface area contributed by atoms with Crippen molar-refractivity contribution < 1.29 is 33.6 Å². The zero-order chi connectivity index (χ0) is 21.7. The van der Waals surface area contributed by atoms with Crippen molar-refractivity contribution >= 4 is 29.7 Å². The predicted octanol–water partition coefficient (Wildman–Crippen LogP) is 2.34. The van der Waals surface area contributed by atoms with Gasteiger partial charge in [-0.2, -0.15) is 0 Å². The molecule has 158 valence electrons. The molecule has 1 amide bonds. The number of hydrogen-bond donors (Lipinski definition) is 3. The summed E-state index contributed by atoms with van der Waals surface area (Å²) in [4.78, 5) is 22.9. The van der Waals surface area contributed by atoms with Gasteiger partial charge in [-0.05, 0) is 35.4 Å². The van der Waals surface area contributed by atoms with Crippen molar-refractivity contribution in [3.8, 4) is 23.0 Å². The maximum absolute atomic E-state index is 12.2. The Hall–Kier alpha value is -3.72. The van der Waals surface area contributed by atoms with Crippen LogP contribution in [0.1, 0.15) is 17.5 Å². The first-order valence-electron chi connectivity index (χ1n) is 9.03. The summed E-state index contributed by atoms with van der Waals surface area (Å²) < 4.78 is 21.4. The maximum Gasteiger partial charge on any atom is 0.305 e. The number of benzene rings is 2. The average Bonchev–Trinajstić information content (AvgIpc) is 3.20. The van der Waals surface area contributed by atoms with Gasteiger partial charge in [0.1, 0.15) is 5.75 Å². The summed E-state index contributed by atoms with van der Waals surface area (Å²) in [6, 6.07) is 7.68. The Morgan fingerprint density at radius 3 is 2.57 bits per heavy atom. The lowest BCUT2D eigenvalue weighted by molar-refractivity contribution is -0.138. The molecular weight excluding hydrogens is 392 g/mol. The highest BCUT2D eigenvalue weighted by molar-refractivity contribution is 5.98. The summed E-state index contributed by atoms with van der Waals surface area (Å²) in [5.41, 5.74) is 7.61. The fraction of sp³-hybridized carbons (Fsp3) is 0.238. The highest BCUT2D eigenvalue weighted by Crippen LogP contribution is 2.42. The number of carboxylic acid groups (broad SMARTS) is 1. The van der Waals surface area contributed by atoms with E-state index in [4.69, 9.17) is 29.8 Å². The number of fused-ring (bicyclic) bond motifs is 1. The van der Waals surface area contributed by atoms with Crippen molar-refractivity contribution in [2.75, 3.05) is 26.3 Å². The minimum Gasteiger partial charge on any atom is -0.495 e. The summed E-state index contributed by atoms with van der Waals surface area (Å²) in [6.45, 7) is 0.143. The molecular formula is C21H22N2O7. The van der Waals surface area contributed by atoms with Gasteiger partial charge in [-0.3, -0.25) is 9.59 Å². The van der Waals surface area contributed by atoms with Gasteiger partial charge in [0, 0.05) is 0 Å². The Labute approximate surface area is 173 Å². The number of aliphatic carboxylic acids is 1. The van der Waals surface area contributed by atoms with E-state index < -0.39 is 24.3 Å². The van der Waals surface area contributed by atoms with Crippen molar-refractivity contribution in [3.05, 3.63) is 41.5 Å². The lowest BCUT2D eigenvalue weighted by atomic mass is 10.1. The number of rotatable bonds is 8. The number of carboxylic acids is 1. The Kier molecular flexibility index (Phi) is 6.43. The van der Waals surface area contributed by atoms with E-state index in [1.54, 1.807) is 19.2 Å². The number of ether oxygens (including phenoxy) is 4. The second-order valence-corrected chi connectivity index (χ2v) is 6.44. The average molecular weight is 414 g/mol. The fourth-order valence-electron chi connectivity index (χ4n) is 2.87. The van der Waals surface area contributed by atoms with Crippen LogP contribution < -0.4 is 30.0 Å². The SMILES string of the molecule is COc1ccc(C=Cc2cc(OC)c3c(c2)OCO3)cc1NC(=O)[C@@H](N)CC(=O)O. The number of methoxy groups -OCH3 is 2. The van der Waals surface area contributed by atoms with E-state index in [2.05, 4.69) is 5.32 Å². The minimum absolute atomic E-state index is 0.143. The molecule has 2 aromatic carbocycles. The zero-order valence-corrected chi connectivity index (χ0v) is 16.5. The number of anilines is 1. The zero-order valence-electron chi connectivity index (χ0n) is 16.5. The quantitative estimate of drug-likeness (QED) is 0.562. The summed E-state index contributed by atoms with van der Waals surface area (Å²) >= 11 is 0. The number of hydrogen-bond acceptors (Lipinski definition) is 7. The molecule has 0 saturated carbocycles. The number of nitrogens with two attached hydrogens (primary N) is 1. The molecule has 1 heterocycles. The first-order chi connectivity index (χ1) is 14.4. The Balaban J connectivity index is 1.81. The molecule has 0 radical (unpaired) electrons. The summed E-state index contributed by atoms with van der Waals surface area (Å²) in [5, 5.41) is 11.4. The van der Waals surface area contributed by atoms with E-state index >= 15 is 0 Å². The monoisotopic (exact) mass is 414 g/mol. The van der Waals surface area contributed by atoms with Crippen LogP contribution in [-0.4, -0.2) is 44.0 Å². The van der Waals surface area contributed by atoms with Crippen molar-refractivity contribution in [2.45, 2.75) is 12.5 Å². The maximum atomic E-state index is 12.2. The van der Waals surface area contributed by atoms with E-state index in [-0.39, 0.29) is 6.79 Å². The number of amides is 1. The molecule has 1 atom stereocenters. The Morgan fingerprint density at radius 1 is 1.13 bits per heavy atom. The van der Waals surface area contributed by atoms with Gasteiger partial charge < -0.3 is 35.1 Å². The summed E-state index contributed by atoms with van der Waals surface area (Å²) in [7, 11) is 3.02. The fourth-order valence-corrected chi connectivity index (χ4v) is 2.87. The first-order valence-corrected chi connectivity index (χ1v) is 9.03. The van der Waals surface area contributed by atoms with Crippen LogP contribution in [0.25, 0.3) is 12.2 Å². The molecule has 4 N–H and O–H groups in total. The van der Waals surface area contributed by atoms with Gasteiger partial charge in [-0.15, -0.1) is 0 Å². The molecule has 9 nitrogen and oxygen atoms in total. The van der Waals surface area contributed by atoms with E-state index in [1.807, 2.05) is 30.4 Å². The molecule has 0 fully saturated rings.